The summed E-state index contributed by atoms with van der Waals surface area (Å²) in [7, 11) is 1.91. The molecule has 11 heavy (non-hydrogen) atoms. The Balaban J connectivity index is 2.36. The van der Waals surface area contributed by atoms with Crippen LogP contribution in [0.2, 0.25) is 0 Å². The number of hydrogen-bond donors (Lipinski definition) is 2. The molecular formula is C6H12N4O. The van der Waals surface area contributed by atoms with Gasteiger partial charge in [0.2, 0.25) is 0 Å². The molecule has 0 fully saturated rings. The van der Waals surface area contributed by atoms with E-state index in [1.807, 2.05) is 11.9 Å². The molecular weight excluding hydrogens is 144 g/mol. The van der Waals surface area contributed by atoms with Crippen molar-refractivity contribution in [2.75, 3.05) is 25.1 Å². The normalized spacial score (nSPS) is 10.0. The summed E-state index contributed by atoms with van der Waals surface area (Å²) in [6, 6.07) is 0. The molecule has 0 aliphatic heterocycles. The molecule has 1 rings (SSSR count). The Morgan fingerprint density at radius 2 is 2.55 bits per heavy atom. The van der Waals surface area contributed by atoms with Crippen LogP contribution in [-0.2, 0) is 0 Å². The van der Waals surface area contributed by atoms with Crippen LogP contribution in [0.4, 0.5) is 5.82 Å². The zero-order valence-electron chi connectivity index (χ0n) is 6.49. The van der Waals surface area contributed by atoms with Crippen LogP contribution in [-0.4, -0.2) is 40.7 Å². The number of nitrogens with one attached hydrogen (secondary N) is 1. The van der Waals surface area contributed by atoms with Crippen LogP contribution in [0.1, 0.15) is 6.42 Å². The van der Waals surface area contributed by atoms with E-state index in [9.17, 15) is 0 Å². The Morgan fingerprint density at radius 1 is 1.73 bits per heavy atom. The molecule has 0 bridgehead atoms. The minimum atomic E-state index is 0.211. The van der Waals surface area contributed by atoms with Crippen molar-refractivity contribution in [3.63, 3.8) is 0 Å². The zero-order chi connectivity index (χ0) is 8.10. The minimum Gasteiger partial charge on any atom is -0.396 e. The van der Waals surface area contributed by atoms with E-state index in [4.69, 9.17) is 5.11 Å². The van der Waals surface area contributed by atoms with Crippen molar-refractivity contribution >= 4 is 5.82 Å². The second-order valence-corrected chi connectivity index (χ2v) is 2.33. The molecule has 0 atom stereocenters. The van der Waals surface area contributed by atoms with Crippen LogP contribution in [0.5, 0.6) is 0 Å². The summed E-state index contributed by atoms with van der Waals surface area (Å²) in [5.74, 6) is 0.804. The average Bonchev–Trinajstić information content (AvgIpc) is 2.52. The summed E-state index contributed by atoms with van der Waals surface area (Å²) in [5.41, 5.74) is 0. The molecule has 0 spiro atoms. The highest BCUT2D eigenvalue weighted by atomic mass is 16.3. The average molecular weight is 156 g/mol. The molecule has 0 unspecified atom stereocenters. The summed E-state index contributed by atoms with van der Waals surface area (Å²) in [4.78, 5) is 1.93. The molecule has 5 heteroatoms. The lowest BCUT2D eigenvalue weighted by Gasteiger charge is -2.13. The van der Waals surface area contributed by atoms with Gasteiger partial charge in [0.1, 0.15) is 0 Å². The number of aliphatic hydroxyl groups excluding tert-OH is 1. The fourth-order valence-electron chi connectivity index (χ4n) is 0.805. The third kappa shape index (κ3) is 2.19. The fourth-order valence-corrected chi connectivity index (χ4v) is 0.805. The number of H-pyrrole nitrogens is 1. The third-order valence-corrected chi connectivity index (χ3v) is 1.45. The van der Waals surface area contributed by atoms with E-state index in [2.05, 4.69) is 15.4 Å². The van der Waals surface area contributed by atoms with E-state index >= 15 is 0 Å². The van der Waals surface area contributed by atoms with E-state index < -0.39 is 0 Å². The Kier molecular flexibility index (Phi) is 2.85. The Labute approximate surface area is 65.0 Å². The summed E-state index contributed by atoms with van der Waals surface area (Å²) in [5, 5.41) is 18.5. The first-order chi connectivity index (χ1) is 5.34. The smallest absolute Gasteiger partial charge is 0.170 e. The second kappa shape index (κ2) is 3.92. The monoisotopic (exact) mass is 156 g/mol. The van der Waals surface area contributed by atoms with Crippen molar-refractivity contribution < 1.29 is 5.11 Å². The van der Waals surface area contributed by atoms with Gasteiger partial charge in [0.15, 0.2) is 5.82 Å². The third-order valence-electron chi connectivity index (χ3n) is 1.45. The maximum absolute atomic E-state index is 8.54. The van der Waals surface area contributed by atoms with Crippen LogP contribution in [0.25, 0.3) is 0 Å². The van der Waals surface area contributed by atoms with Gasteiger partial charge in [-0.05, 0) is 6.42 Å². The van der Waals surface area contributed by atoms with Gasteiger partial charge in [-0.1, -0.05) is 5.21 Å². The van der Waals surface area contributed by atoms with Gasteiger partial charge in [-0.2, -0.15) is 0 Å². The van der Waals surface area contributed by atoms with Crippen molar-refractivity contribution in [3.8, 4) is 0 Å². The summed E-state index contributed by atoms with van der Waals surface area (Å²) < 4.78 is 0. The highest BCUT2D eigenvalue weighted by Gasteiger charge is 2.00. The van der Waals surface area contributed by atoms with Crippen LogP contribution in [0, 0.1) is 0 Å². The van der Waals surface area contributed by atoms with Gasteiger partial charge in [0.25, 0.3) is 0 Å². The molecule has 0 saturated heterocycles. The molecule has 1 heterocycles. The van der Waals surface area contributed by atoms with Crippen LogP contribution in [0.3, 0.4) is 0 Å². The number of aromatic amines is 1. The Morgan fingerprint density at radius 3 is 3.09 bits per heavy atom. The molecule has 0 aliphatic carbocycles. The fraction of sp³-hybridized carbons (Fsp3) is 0.667. The highest BCUT2D eigenvalue weighted by Crippen LogP contribution is 2.03. The minimum absolute atomic E-state index is 0.211. The molecule has 0 amide bonds. The predicted octanol–water partition coefficient (Wildman–Crippen LogP) is -0.377. The topological polar surface area (TPSA) is 65.0 Å². The van der Waals surface area contributed by atoms with Gasteiger partial charge in [-0.3, -0.25) is 5.10 Å². The van der Waals surface area contributed by atoms with E-state index in [0.717, 1.165) is 18.8 Å². The first kappa shape index (κ1) is 8.00. The van der Waals surface area contributed by atoms with Gasteiger partial charge in [-0.15, -0.1) is 5.10 Å². The quantitative estimate of drug-likeness (QED) is 0.624. The molecule has 0 aromatic carbocycles. The largest absolute Gasteiger partial charge is 0.396 e. The highest BCUT2D eigenvalue weighted by molar-refractivity contribution is 5.31. The van der Waals surface area contributed by atoms with Crippen molar-refractivity contribution in [1.82, 2.24) is 15.4 Å². The Bertz CT molecular complexity index is 186. The number of rotatable bonds is 4. The standard InChI is InChI=1S/C6H12N4O/c1-10(3-2-4-11)6-5-7-9-8-6/h5,11H,2-4H2,1H3,(H,7,8,9). The van der Waals surface area contributed by atoms with Gasteiger partial charge in [-0.25, -0.2) is 0 Å². The molecule has 0 aliphatic rings. The van der Waals surface area contributed by atoms with Gasteiger partial charge in [0.05, 0.1) is 6.20 Å². The Hall–Kier alpha value is -1.10. The number of aliphatic hydroxyl groups is 1. The van der Waals surface area contributed by atoms with Gasteiger partial charge < -0.3 is 10.0 Å². The first-order valence-corrected chi connectivity index (χ1v) is 3.53. The SMILES string of the molecule is CN(CCCO)c1c[nH]nn1. The molecule has 62 valence electrons. The van der Waals surface area contributed by atoms with Gasteiger partial charge in [0, 0.05) is 20.2 Å². The number of aromatic nitrogens is 3. The first-order valence-electron chi connectivity index (χ1n) is 3.53. The molecule has 5 nitrogen and oxygen atoms in total. The maximum Gasteiger partial charge on any atom is 0.170 e. The molecule has 0 saturated carbocycles. The number of anilines is 1. The summed E-state index contributed by atoms with van der Waals surface area (Å²) in [6.45, 7) is 1.01. The zero-order valence-corrected chi connectivity index (χ0v) is 6.49. The summed E-state index contributed by atoms with van der Waals surface area (Å²) in [6.07, 6.45) is 2.47. The van der Waals surface area contributed by atoms with E-state index in [0.29, 0.717) is 0 Å². The lowest BCUT2D eigenvalue weighted by atomic mass is 10.4. The summed E-state index contributed by atoms with van der Waals surface area (Å²) >= 11 is 0. The van der Waals surface area contributed by atoms with Crippen molar-refractivity contribution in [3.05, 3.63) is 6.20 Å². The van der Waals surface area contributed by atoms with Gasteiger partial charge >= 0.3 is 0 Å². The number of nitrogens with zero attached hydrogens (tertiary/aromatic N) is 3. The van der Waals surface area contributed by atoms with Crippen LogP contribution in [0.15, 0.2) is 6.20 Å². The van der Waals surface area contributed by atoms with E-state index in [1.54, 1.807) is 6.20 Å². The van der Waals surface area contributed by atoms with Crippen LogP contribution < -0.4 is 4.90 Å². The van der Waals surface area contributed by atoms with Crippen molar-refractivity contribution in [2.24, 2.45) is 0 Å². The van der Waals surface area contributed by atoms with E-state index in [-0.39, 0.29) is 6.61 Å². The van der Waals surface area contributed by atoms with Crippen molar-refractivity contribution in [2.45, 2.75) is 6.42 Å². The lowest BCUT2D eigenvalue weighted by Crippen LogP contribution is -2.19. The van der Waals surface area contributed by atoms with Crippen LogP contribution >= 0.6 is 0 Å². The maximum atomic E-state index is 8.54. The molecule has 2 N–H and O–H groups in total. The van der Waals surface area contributed by atoms with E-state index in [1.165, 1.54) is 0 Å². The molecule has 1 aromatic rings. The molecule has 0 radical (unpaired) electrons. The second-order valence-electron chi connectivity index (χ2n) is 2.33. The predicted molar refractivity (Wildman–Crippen MR) is 41.4 cm³/mol. The van der Waals surface area contributed by atoms with Crippen molar-refractivity contribution in [1.29, 1.82) is 0 Å². The molecule has 1 aromatic heterocycles. The lowest BCUT2D eigenvalue weighted by molar-refractivity contribution is 0.290. The number of hydrogen-bond acceptors (Lipinski definition) is 4.